The van der Waals surface area contributed by atoms with Gasteiger partial charge in [-0.2, -0.15) is 0 Å². The van der Waals surface area contributed by atoms with Gasteiger partial charge in [-0.1, -0.05) is 12.1 Å². The number of Topliss-reactive ketones (excluding diaryl/α,β-unsaturated/α-hetero) is 1. The number of ether oxygens (including phenoxy) is 1. The third-order valence-corrected chi connectivity index (χ3v) is 2.28. The van der Waals surface area contributed by atoms with E-state index in [1.165, 1.54) is 0 Å². The molecule has 0 aromatic heterocycles. The minimum atomic E-state index is -0.725. The fraction of sp³-hybridized carbons (Fsp3) is 0. The fourth-order valence-corrected chi connectivity index (χ4v) is 1.46. The van der Waals surface area contributed by atoms with Crippen molar-refractivity contribution in [1.29, 1.82) is 0 Å². The molecule has 0 aliphatic carbocycles. The third-order valence-electron chi connectivity index (χ3n) is 2.16. The van der Waals surface area contributed by atoms with Crippen molar-refractivity contribution in [3.8, 4) is 5.75 Å². The maximum atomic E-state index is 11.9. The van der Waals surface area contributed by atoms with Gasteiger partial charge in [0.15, 0.2) is 5.11 Å². The number of nitrogens with one attached hydrogen (secondary N) is 1. The van der Waals surface area contributed by atoms with E-state index in [2.05, 4.69) is 17.5 Å². The van der Waals surface area contributed by atoms with E-state index in [0.29, 0.717) is 5.56 Å². The first-order chi connectivity index (χ1) is 8.09. The lowest BCUT2D eigenvalue weighted by Gasteiger charge is -2.16. The molecule has 0 fully saturated rings. The van der Waals surface area contributed by atoms with Crippen LogP contribution < -0.4 is 15.8 Å². The van der Waals surface area contributed by atoms with Crippen molar-refractivity contribution >= 4 is 29.1 Å². The van der Waals surface area contributed by atoms with Crippen LogP contribution in [0.4, 0.5) is 0 Å². The first kappa shape index (κ1) is 11.3. The van der Waals surface area contributed by atoms with Crippen molar-refractivity contribution in [2.45, 2.75) is 0 Å². The molecule has 0 saturated heterocycles. The van der Waals surface area contributed by atoms with Crippen molar-refractivity contribution in [1.82, 2.24) is 5.32 Å². The molecule has 1 aromatic carbocycles. The summed E-state index contributed by atoms with van der Waals surface area (Å²) in [4.78, 5) is 23.5. The molecule has 1 heterocycles. The van der Waals surface area contributed by atoms with Gasteiger partial charge in [-0.25, -0.2) is 4.79 Å². The molecule has 0 spiro atoms. The molecule has 3 N–H and O–H groups in total. The Balaban J connectivity index is 2.40. The molecule has 86 valence electrons. The summed E-state index contributed by atoms with van der Waals surface area (Å²) in [5.41, 5.74) is 5.42. The summed E-state index contributed by atoms with van der Waals surface area (Å²) in [5.74, 6) is -0.881. The number of benzene rings is 1. The van der Waals surface area contributed by atoms with Gasteiger partial charge in [-0.3, -0.25) is 4.79 Å². The van der Waals surface area contributed by atoms with Gasteiger partial charge in [-0.15, -0.1) is 0 Å². The molecule has 0 radical (unpaired) electrons. The van der Waals surface area contributed by atoms with Crippen LogP contribution in [0.3, 0.4) is 0 Å². The van der Waals surface area contributed by atoms with E-state index in [-0.39, 0.29) is 16.4 Å². The van der Waals surface area contributed by atoms with Crippen LogP contribution in [0, 0.1) is 0 Å². The van der Waals surface area contributed by atoms with Crippen LogP contribution in [0.5, 0.6) is 5.75 Å². The number of ketones is 1. The van der Waals surface area contributed by atoms with Crippen molar-refractivity contribution in [3.63, 3.8) is 0 Å². The van der Waals surface area contributed by atoms with E-state index in [9.17, 15) is 9.59 Å². The molecular formula is C11H8N2O3S. The number of fused-ring (bicyclic) bond motifs is 1. The molecular weight excluding hydrogens is 240 g/mol. The third kappa shape index (κ3) is 2.16. The summed E-state index contributed by atoms with van der Waals surface area (Å²) in [7, 11) is 0. The van der Waals surface area contributed by atoms with Crippen molar-refractivity contribution in [2.24, 2.45) is 5.73 Å². The summed E-state index contributed by atoms with van der Waals surface area (Å²) < 4.78 is 5.00. The van der Waals surface area contributed by atoms with Crippen LogP contribution in [0.2, 0.25) is 0 Å². The molecule has 2 rings (SSSR count). The second kappa shape index (κ2) is 4.34. The minimum Gasteiger partial charge on any atom is -0.422 e. The molecule has 17 heavy (non-hydrogen) atoms. The van der Waals surface area contributed by atoms with Crippen LogP contribution in [0.15, 0.2) is 36.0 Å². The van der Waals surface area contributed by atoms with E-state index >= 15 is 0 Å². The first-order valence-corrected chi connectivity index (χ1v) is 5.12. The second-order valence-electron chi connectivity index (χ2n) is 3.28. The van der Waals surface area contributed by atoms with Gasteiger partial charge >= 0.3 is 5.97 Å². The Bertz CT molecular complexity index is 551. The molecule has 6 heteroatoms. The number of hydrogen-bond acceptors (Lipinski definition) is 4. The Morgan fingerprint density at radius 2 is 2.06 bits per heavy atom. The maximum absolute atomic E-state index is 11.9. The van der Waals surface area contributed by atoms with Gasteiger partial charge in [0.2, 0.25) is 5.78 Å². The van der Waals surface area contributed by atoms with Crippen LogP contribution in [0.1, 0.15) is 10.4 Å². The van der Waals surface area contributed by atoms with Crippen LogP contribution in [-0.2, 0) is 4.79 Å². The number of rotatable bonds is 1. The number of carbonyl (C=O) groups excluding carboxylic acids is 2. The normalized spacial score (nSPS) is 16.4. The highest BCUT2D eigenvalue weighted by Gasteiger charge is 2.30. The van der Waals surface area contributed by atoms with Crippen LogP contribution in [-0.4, -0.2) is 16.9 Å². The molecule has 0 bridgehead atoms. The lowest BCUT2D eigenvalue weighted by atomic mass is 10.0. The Morgan fingerprint density at radius 1 is 1.35 bits per heavy atom. The van der Waals surface area contributed by atoms with E-state index in [0.717, 1.165) is 6.20 Å². The number of thiocarbonyl (C=S) groups is 1. The zero-order chi connectivity index (χ0) is 12.4. The molecule has 5 nitrogen and oxygen atoms in total. The monoisotopic (exact) mass is 248 g/mol. The highest BCUT2D eigenvalue weighted by molar-refractivity contribution is 7.80. The largest absolute Gasteiger partial charge is 0.422 e. The predicted molar refractivity (Wildman–Crippen MR) is 64.4 cm³/mol. The number of nitrogens with two attached hydrogens (primary N) is 1. The van der Waals surface area contributed by atoms with E-state index in [1.54, 1.807) is 24.3 Å². The highest BCUT2D eigenvalue weighted by Crippen LogP contribution is 2.26. The quantitative estimate of drug-likeness (QED) is 0.248. The number of esters is 1. The van der Waals surface area contributed by atoms with E-state index < -0.39 is 11.8 Å². The van der Waals surface area contributed by atoms with E-state index in [4.69, 9.17) is 10.5 Å². The zero-order valence-electron chi connectivity index (χ0n) is 8.60. The molecule has 0 unspecified atom stereocenters. The van der Waals surface area contributed by atoms with Gasteiger partial charge in [0.25, 0.3) is 0 Å². The second-order valence-corrected chi connectivity index (χ2v) is 3.72. The molecule has 0 saturated carbocycles. The zero-order valence-corrected chi connectivity index (χ0v) is 9.41. The van der Waals surface area contributed by atoms with Crippen LogP contribution in [0.25, 0.3) is 0 Å². The molecule has 0 atom stereocenters. The van der Waals surface area contributed by atoms with E-state index in [1.807, 2.05) is 0 Å². The summed E-state index contributed by atoms with van der Waals surface area (Å²) in [6.07, 6.45) is 1.16. The lowest BCUT2D eigenvalue weighted by Crippen LogP contribution is -2.30. The van der Waals surface area contributed by atoms with Crippen molar-refractivity contribution in [2.75, 3.05) is 0 Å². The summed E-state index contributed by atoms with van der Waals surface area (Å²) in [6, 6.07) is 6.51. The minimum absolute atomic E-state index is 0.0306. The Morgan fingerprint density at radius 3 is 2.76 bits per heavy atom. The van der Waals surface area contributed by atoms with Gasteiger partial charge in [0, 0.05) is 6.20 Å². The fourth-order valence-electron chi connectivity index (χ4n) is 1.40. The van der Waals surface area contributed by atoms with Crippen molar-refractivity contribution < 1.29 is 14.3 Å². The predicted octanol–water partition coefficient (Wildman–Crippen LogP) is 0.505. The molecule has 1 aliphatic rings. The Hall–Kier alpha value is -2.21. The van der Waals surface area contributed by atoms with Crippen LogP contribution >= 0.6 is 12.2 Å². The molecule has 0 amide bonds. The smallest absolute Gasteiger partial charge is 0.349 e. The average Bonchev–Trinajstić information content (AvgIpc) is 2.28. The van der Waals surface area contributed by atoms with Crippen molar-refractivity contribution in [3.05, 3.63) is 41.6 Å². The molecule has 1 aliphatic heterocycles. The topological polar surface area (TPSA) is 81.4 Å². The summed E-state index contributed by atoms with van der Waals surface area (Å²) in [6.45, 7) is 0. The Labute approximate surface area is 102 Å². The van der Waals surface area contributed by atoms with Gasteiger partial charge in [0.1, 0.15) is 11.3 Å². The number of para-hydroxylation sites is 1. The average molecular weight is 248 g/mol. The van der Waals surface area contributed by atoms with Gasteiger partial charge in [-0.05, 0) is 24.4 Å². The molecule has 1 aromatic rings. The number of carbonyl (C=O) groups is 2. The lowest BCUT2D eigenvalue weighted by molar-refractivity contribution is -0.130. The maximum Gasteiger partial charge on any atom is 0.349 e. The highest BCUT2D eigenvalue weighted by atomic mass is 32.1. The summed E-state index contributed by atoms with van der Waals surface area (Å²) >= 11 is 4.58. The van der Waals surface area contributed by atoms with Gasteiger partial charge < -0.3 is 15.8 Å². The van der Waals surface area contributed by atoms with Gasteiger partial charge in [0.05, 0.1) is 5.56 Å². The summed E-state index contributed by atoms with van der Waals surface area (Å²) in [5, 5.41) is 2.40. The SMILES string of the molecule is NC(=S)N/C=C1\C(=O)Oc2ccccc2C1=O. The number of hydrogen-bond donors (Lipinski definition) is 2. The Kier molecular flexibility index (Phi) is 2.88. The standard InChI is InChI=1S/C11H8N2O3S/c12-11(17)13-5-7-9(14)6-3-1-2-4-8(6)16-10(7)15/h1-5H,(H3,12,13,17)/b7-5-. The first-order valence-electron chi connectivity index (χ1n) is 4.71.